The normalized spacial score (nSPS) is 15.7. The molecule has 0 saturated heterocycles. The van der Waals surface area contributed by atoms with Gasteiger partial charge in [-0.05, 0) is 37.5 Å². The number of methoxy groups -OCH3 is 1. The van der Waals surface area contributed by atoms with E-state index in [2.05, 4.69) is 20.0 Å². The van der Waals surface area contributed by atoms with Crippen molar-refractivity contribution in [3.63, 3.8) is 0 Å². The SMILES string of the molecule is COc1cc(-c2nc3c(o2)C(NC(=O)c2cccc(OC(F)(F)F)c2)CCC3)c(Cl)cn1. The number of aromatic nitrogens is 2. The van der Waals surface area contributed by atoms with Gasteiger partial charge in [-0.15, -0.1) is 13.2 Å². The molecule has 1 amide bonds. The minimum atomic E-state index is -4.85. The van der Waals surface area contributed by atoms with E-state index in [0.29, 0.717) is 40.8 Å². The Bertz CT molecular complexity index is 1150. The first-order valence-corrected chi connectivity index (χ1v) is 9.97. The first-order valence-electron chi connectivity index (χ1n) is 9.59. The number of carbonyl (C=O) groups excluding carboxylic acids is 1. The van der Waals surface area contributed by atoms with Crippen LogP contribution in [0.4, 0.5) is 13.2 Å². The lowest BCUT2D eigenvalue weighted by atomic mass is 9.96. The van der Waals surface area contributed by atoms with E-state index in [9.17, 15) is 18.0 Å². The summed E-state index contributed by atoms with van der Waals surface area (Å²) in [6, 6.07) is 5.96. The first-order chi connectivity index (χ1) is 15.2. The summed E-state index contributed by atoms with van der Waals surface area (Å²) in [6.45, 7) is 0. The highest BCUT2D eigenvalue weighted by Gasteiger charge is 2.32. The summed E-state index contributed by atoms with van der Waals surface area (Å²) in [5.74, 6) is 0.0534. The highest BCUT2D eigenvalue weighted by atomic mass is 35.5. The van der Waals surface area contributed by atoms with Gasteiger partial charge in [0.1, 0.15) is 11.5 Å². The van der Waals surface area contributed by atoms with E-state index in [-0.39, 0.29) is 11.5 Å². The largest absolute Gasteiger partial charge is 0.573 e. The molecule has 1 atom stereocenters. The molecule has 2 aromatic heterocycles. The average molecular weight is 468 g/mol. The predicted octanol–water partition coefficient (Wildman–Crippen LogP) is 5.10. The van der Waals surface area contributed by atoms with Crippen molar-refractivity contribution in [2.45, 2.75) is 31.7 Å². The number of halogens is 4. The number of nitrogens with zero attached hydrogens (tertiary/aromatic N) is 2. The molecule has 1 aromatic carbocycles. The van der Waals surface area contributed by atoms with Gasteiger partial charge in [-0.3, -0.25) is 4.79 Å². The molecular weight excluding hydrogens is 451 g/mol. The van der Waals surface area contributed by atoms with Gasteiger partial charge in [0.05, 0.1) is 35.6 Å². The molecule has 0 bridgehead atoms. The van der Waals surface area contributed by atoms with Gasteiger partial charge in [0, 0.05) is 11.6 Å². The van der Waals surface area contributed by atoms with Gasteiger partial charge in [-0.25, -0.2) is 9.97 Å². The lowest BCUT2D eigenvalue weighted by Gasteiger charge is -2.21. The molecule has 1 unspecified atom stereocenters. The van der Waals surface area contributed by atoms with E-state index in [1.165, 1.54) is 25.4 Å². The second kappa shape index (κ2) is 8.70. The van der Waals surface area contributed by atoms with Crippen LogP contribution in [0, 0.1) is 0 Å². The second-order valence-corrected chi connectivity index (χ2v) is 7.44. The molecule has 0 saturated carbocycles. The fourth-order valence-electron chi connectivity index (χ4n) is 3.44. The van der Waals surface area contributed by atoms with Gasteiger partial charge in [0.2, 0.25) is 11.8 Å². The summed E-state index contributed by atoms with van der Waals surface area (Å²) in [5, 5.41) is 3.13. The summed E-state index contributed by atoms with van der Waals surface area (Å²) in [5.41, 5.74) is 1.20. The quantitative estimate of drug-likeness (QED) is 0.561. The standard InChI is InChI=1S/C21H17ClF3N3O4/c1-30-17-9-13(14(22)10-26-17)20-28-16-7-3-6-15(18(16)31-20)27-19(29)11-4-2-5-12(8-11)32-21(23,24)25/h2,4-5,8-10,15H,3,6-7H2,1H3,(H,27,29). The zero-order chi connectivity index (χ0) is 22.9. The molecule has 32 heavy (non-hydrogen) atoms. The number of fused-ring (bicyclic) bond motifs is 1. The summed E-state index contributed by atoms with van der Waals surface area (Å²) in [6.07, 6.45) is -1.44. The van der Waals surface area contributed by atoms with E-state index in [1.54, 1.807) is 6.07 Å². The Morgan fingerprint density at radius 3 is 2.88 bits per heavy atom. The molecule has 0 spiro atoms. The van der Waals surface area contributed by atoms with Crippen molar-refractivity contribution < 1.29 is 31.9 Å². The van der Waals surface area contributed by atoms with Crippen molar-refractivity contribution in [1.29, 1.82) is 0 Å². The third-order valence-corrected chi connectivity index (χ3v) is 5.16. The molecule has 7 nitrogen and oxygen atoms in total. The van der Waals surface area contributed by atoms with E-state index < -0.39 is 24.1 Å². The van der Waals surface area contributed by atoms with Crippen LogP contribution >= 0.6 is 11.6 Å². The monoisotopic (exact) mass is 467 g/mol. The number of pyridine rings is 1. The molecule has 1 aliphatic carbocycles. The van der Waals surface area contributed by atoms with Gasteiger partial charge in [-0.1, -0.05) is 17.7 Å². The Morgan fingerprint density at radius 1 is 1.31 bits per heavy atom. The molecule has 0 aliphatic heterocycles. The van der Waals surface area contributed by atoms with Crippen molar-refractivity contribution in [3.8, 4) is 23.1 Å². The molecule has 4 rings (SSSR count). The van der Waals surface area contributed by atoms with Crippen LogP contribution in [0.25, 0.3) is 11.5 Å². The van der Waals surface area contributed by atoms with Crippen molar-refractivity contribution >= 4 is 17.5 Å². The van der Waals surface area contributed by atoms with Crippen molar-refractivity contribution in [2.24, 2.45) is 0 Å². The van der Waals surface area contributed by atoms with Crippen molar-refractivity contribution in [3.05, 3.63) is 58.6 Å². The third kappa shape index (κ3) is 4.80. The Labute approximate surface area is 185 Å². The van der Waals surface area contributed by atoms with Crippen LogP contribution in [0.1, 0.15) is 40.7 Å². The highest BCUT2D eigenvalue weighted by molar-refractivity contribution is 6.33. The number of ether oxygens (including phenoxy) is 2. The summed E-state index contributed by atoms with van der Waals surface area (Å²) in [4.78, 5) is 21.2. The number of hydrogen-bond donors (Lipinski definition) is 1. The van der Waals surface area contributed by atoms with Gasteiger partial charge in [-0.2, -0.15) is 0 Å². The molecule has 168 valence electrons. The number of nitrogens with one attached hydrogen (secondary N) is 1. The number of hydrogen-bond acceptors (Lipinski definition) is 6. The van der Waals surface area contributed by atoms with Crippen LogP contribution in [0.5, 0.6) is 11.6 Å². The Balaban J connectivity index is 1.57. The number of benzene rings is 1. The third-order valence-electron chi connectivity index (χ3n) is 4.86. The van der Waals surface area contributed by atoms with Gasteiger partial charge < -0.3 is 19.2 Å². The average Bonchev–Trinajstić information content (AvgIpc) is 3.18. The Morgan fingerprint density at radius 2 is 2.12 bits per heavy atom. The van der Waals surface area contributed by atoms with Crippen LogP contribution < -0.4 is 14.8 Å². The van der Waals surface area contributed by atoms with Crippen LogP contribution in [0.15, 0.2) is 40.9 Å². The molecule has 0 fully saturated rings. The number of rotatable bonds is 5. The maximum Gasteiger partial charge on any atom is 0.573 e. The second-order valence-electron chi connectivity index (χ2n) is 7.03. The highest BCUT2D eigenvalue weighted by Crippen LogP contribution is 2.36. The number of amides is 1. The number of oxazole rings is 1. The molecule has 1 N–H and O–H groups in total. The van der Waals surface area contributed by atoms with Crippen LogP contribution in [0.2, 0.25) is 5.02 Å². The number of carbonyl (C=O) groups is 1. The van der Waals surface area contributed by atoms with E-state index in [4.69, 9.17) is 20.8 Å². The number of aryl methyl sites for hydroxylation is 1. The van der Waals surface area contributed by atoms with Crippen molar-refractivity contribution in [1.82, 2.24) is 15.3 Å². The predicted molar refractivity (Wildman–Crippen MR) is 108 cm³/mol. The van der Waals surface area contributed by atoms with E-state index in [0.717, 1.165) is 18.6 Å². The molecular formula is C21H17ClF3N3O4. The minimum absolute atomic E-state index is 0.0283. The lowest BCUT2D eigenvalue weighted by Crippen LogP contribution is -2.30. The van der Waals surface area contributed by atoms with Gasteiger partial charge in [0.15, 0.2) is 0 Å². The van der Waals surface area contributed by atoms with Crippen LogP contribution in [0.3, 0.4) is 0 Å². The zero-order valence-corrected chi connectivity index (χ0v) is 17.5. The smallest absolute Gasteiger partial charge is 0.481 e. The number of alkyl halides is 3. The molecule has 3 aromatic rings. The summed E-state index contributed by atoms with van der Waals surface area (Å²) < 4.78 is 52.4. The van der Waals surface area contributed by atoms with Crippen LogP contribution in [-0.2, 0) is 6.42 Å². The van der Waals surface area contributed by atoms with Gasteiger partial charge in [0.25, 0.3) is 5.91 Å². The van der Waals surface area contributed by atoms with Crippen molar-refractivity contribution in [2.75, 3.05) is 7.11 Å². The lowest BCUT2D eigenvalue weighted by molar-refractivity contribution is -0.274. The van der Waals surface area contributed by atoms with Gasteiger partial charge >= 0.3 is 6.36 Å². The minimum Gasteiger partial charge on any atom is -0.481 e. The Kier molecular flexibility index (Phi) is 5.96. The summed E-state index contributed by atoms with van der Waals surface area (Å²) in [7, 11) is 1.47. The molecule has 1 aliphatic rings. The first kappa shape index (κ1) is 21.9. The van der Waals surface area contributed by atoms with E-state index in [1.807, 2.05) is 0 Å². The maximum absolute atomic E-state index is 12.7. The zero-order valence-electron chi connectivity index (χ0n) is 16.7. The molecule has 2 heterocycles. The fourth-order valence-corrected chi connectivity index (χ4v) is 3.63. The maximum atomic E-state index is 12.7. The summed E-state index contributed by atoms with van der Waals surface area (Å²) >= 11 is 6.23. The van der Waals surface area contributed by atoms with Crippen LogP contribution in [-0.4, -0.2) is 29.3 Å². The topological polar surface area (TPSA) is 86.5 Å². The molecule has 11 heteroatoms. The Hall–Kier alpha value is -3.27. The fraction of sp³-hybridized carbons (Fsp3) is 0.286. The molecule has 0 radical (unpaired) electrons. The van der Waals surface area contributed by atoms with E-state index >= 15 is 0 Å².